The number of nitrogens with one attached hydrogen (secondary N) is 3. The second kappa shape index (κ2) is 28.5. The number of carboxylic acids is 1. The highest BCUT2D eigenvalue weighted by Gasteiger charge is 2.17. The number of nitrogens with two attached hydrogens (primary N) is 5. The van der Waals surface area contributed by atoms with Crippen LogP contribution in [0, 0.1) is 17.5 Å². The number of hydrogen-bond donors (Lipinski definition) is 9. The van der Waals surface area contributed by atoms with Gasteiger partial charge >= 0.3 is 5.97 Å². The van der Waals surface area contributed by atoms with Crippen molar-refractivity contribution in [1.82, 2.24) is 14.6 Å². The van der Waals surface area contributed by atoms with Crippen LogP contribution in [-0.4, -0.2) is 43.4 Å². The highest BCUT2D eigenvalue weighted by molar-refractivity contribution is 7.03. The van der Waals surface area contributed by atoms with Crippen LogP contribution in [0.15, 0.2) is 162 Å². The lowest BCUT2D eigenvalue weighted by Crippen LogP contribution is -2.15. The summed E-state index contributed by atoms with van der Waals surface area (Å²) >= 11 is 1.15. The molecule has 14 N–H and O–H groups in total. The van der Waals surface area contributed by atoms with Gasteiger partial charge in [-0.05, 0) is 107 Å². The van der Waals surface area contributed by atoms with E-state index in [0.29, 0.717) is 43.2 Å². The van der Waals surface area contributed by atoms with Gasteiger partial charge in [0.1, 0.15) is 29.3 Å². The number of aromatic nitrogens is 3. The lowest BCUT2D eigenvalue weighted by Gasteiger charge is -2.07. The fourth-order valence-corrected chi connectivity index (χ4v) is 5.79. The zero-order valence-electron chi connectivity index (χ0n) is 37.1. The van der Waals surface area contributed by atoms with E-state index in [0.717, 1.165) is 70.0 Å². The normalized spacial score (nSPS) is 9.93. The molecule has 2 heterocycles. The van der Waals surface area contributed by atoms with Crippen molar-refractivity contribution in [3.8, 4) is 0 Å². The van der Waals surface area contributed by atoms with Crippen molar-refractivity contribution >= 4 is 58.0 Å². The van der Waals surface area contributed by atoms with Gasteiger partial charge in [-0.25, -0.2) is 22.9 Å². The molecule has 0 fully saturated rings. The maximum atomic E-state index is 13.4. The molecule has 70 heavy (non-hydrogen) atoms. The molecule has 0 saturated carbocycles. The molecule has 8 rings (SSSR count). The summed E-state index contributed by atoms with van der Waals surface area (Å²) in [7, 11) is 0. The van der Waals surface area contributed by atoms with Gasteiger partial charge in [0.2, 0.25) is 0 Å². The van der Waals surface area contributed by atoms with Gasteiger partial charge in [0.25, 0.3) is 17.7 Å². The number of nitrogens with zero attached hydrogens (tertiary/aromatic N) is 3. The van der Waals surface area contributed by atoms with E-state index in [1.54, 1.807) is 66.0 Å². The third kappa shape index (κ3) is 17.9. The second-order valence-corrected chi connectivity index (χ2v) is 14.7. The monoisotopic (exact) mass is 975 g/mol. The number of anilines is 4. The first-order chi connectivity index (χ1) is 33.7. The summed E-state index contributed by atoms with van der Waals surface area (Å²) in [5.74, 6) is -4.93. The number of halogens is 3. The molecule has 0 aliphatic rings. The Morgan fingerprint density at radius 3 is 1.36 bits per heavy atom. The predicted octanol–water partition coefficient (Wildman–Crippen LogP) is 7.56. The fraction of sp³-hybridized carbons (Fsp3) is 0.0816. The standard InChI is InChI=1S/C14H12F2N2O.C14H13FN2O.C10H10N4OS.C7H10N2.C4H3NO3/c15-11-2-1-3-12(16)13(11)14(19)18-10-6-4-9(8-17)5-7-10;15-13-4-2-1-3-12(13)14(18)17-11-7-5-10(9-16)6-8-11;11-5-7-1-3-8(4-2-7)12-10(15)9-6-16-14-13-9;8-5-6-1-3-7(9)4-2-6;6-4(7)3-1-8-2-5-3/h1-7H,8,17H2,(H,18,19);1-8H,9,16H2,(H,17,18);1-4,6H,5,11H2,(H,12,15);1-4H,5,8-9H2;1-2H,(H,6,7). The number of benzene rings is 6. The number of amides is 3. The Bertz CT molecular complexity index is 2840. The van der Waals surface area contributed by atoms with E-state index in [4.69, 9.17) is 33.8 Å². The number of nitrogen functional groups attached to an aromatic ring is 1. The summed E-state index contributed by atoms with van der Waals surface area (Å²) < 4.78 is 48.2. The zero-order valence-corrected chi connectivity index (χ0v) is 37.9. The summed E-state index contributed by atoms with van der Waals surface area (Å²) in [5.41, 5.74) is 33.5. The summed E-state index contributed by atoms with van der Waals surface area (Å²) in [5, 5.41) is 21.2. The molecule has 21 heteroatoms. The Balaban J connectivity index is 0.000000197. The van der Waals surface area contributed by atoms with Gasteiger partial charge in [-0.2, -0.15) is 0 Å². The van der Waals surface area contributed by atoms with Crippen molar-refractivity contribution in [2.75, 3.05) is 21.7 Å². The van der Waals surface area contributed by atoms with E-state index in [1.165, 1.54) is 18.2 Å². The van der Waals surface area contributed by atoms with Crippen LogP contribution >= 0.6 is 11.5 Å². The van der Waals surface area contributed by atoms with Crippen LogP contribution in [-0.2, 0) is 26.2 Å². The first-order valence-electron chi connectivity index (χ1n) is 20.7. The highest BCUT2D eigenvalue weighted by Crippen LogP contribution is 2.17. The van der Waals surface area contributed by atoms with Crippen LogP contribution < -0.4 is 44.6 Å². The Morgan fingerprint density at radius 2 is 0.971 bits per heavy atom. The summed E-state index contributed by atoms with van der Waals surface area (Å²) in [6.45, 7) is 1.90. The van der Waals surface area contributed by atoms with E-state index in [9.17, 15) is 32.3 Å². The SMILES string of the molecule is NCc1ccc(N)cc1.NCc1ccc(NC(=O)c2c(F)cccc2F)cc1.NCc1ccc(NC(=O)c2ccccc2F)cc1.NCc1ccc(NC(=O)c2csnn2)cc1.O=C(O)c1cocn1. The van der Waals surface area contributed by atoms with E-state index >= 15 is 0 Å². The van der Waals surface area contributed by atoms with Crippen LogP contribution in [0.1, 0.15) is 63.9 Å². The lowest BCUT2D eigenvalue weighted by molar-refractivity contribution is 0.0689. The molecule has 0 spiro atoms. The Kier molecular flexibility index (Phi) is 22.0. The lowest BCUT2D eigenvalue weighted by atomic mass is 10.1. The van der Waals surface area contributed by atoms with Crippen LogP contribution in [0.4, 0.5) is 35.9 Å². The van der Waals surface area contributed by atoms with Crippen molar-refractivity contribution in [3.05, 3.63) is 220 Å². The number of rotatable bonds is 11. The average Bonchev–Trinajstić information content (AvgIpc) is 4.13. The van der Waals surface area contributed by atoms with E-state index in [1.807, 2.05) is 48.5 Å². The third-order valence-electron chi connectivity index (χ3n) is 9.11. The molecular weight excluding hydrogens is 928 g/mol. The van der Waals surface area contributed by atoms with Crippen molar-refractivity contribution in [2.24, 2.45) is 22.9 Å². The Hall–Kier alpha value is -8.60. The molecule has 0 aliphatic carbocycles. The second-order valence-electron chi connectivity index (χ2n) is 14.1. The smallest absolute Gasteiger partial charge is 0.357 e. The van der Waals surface area contributed by atoms with Crippen LogP contribution in [0.25, 0.3) is 0 Å². The molecule has 0 radical (unpaired) electrons. The fourth-order valence-electron chi connectivity index (χ4n) is 5.36. The molecule has 2 aromatic heterocycles. The van der Waals surface area contributed by atoms with Crippen LogP contribution in [0.5, 0.6) is 0 Å². The van der Waals surface area contributed by atoms with Crippen molar-refractivity contribution < 1.29 is 41.9 Å². The largest absolute Gasteiger partial charge is 0.476 e. The van der Waals surface area contributed by atoms with Gasteiger partial charge in [0, 0.05) is 54.3 Å². The Labute approximate surface area is 403 Å². The molecule has 0 saturated heterocycles. The molecule has 3 amide bonds. The molecule has 0 unspecified atom stereocenters. The molecule has 0 aliphatic heterocycles. The van der Waals surface area contributed by atoms with E-state index < -0.39 is 40.8 Å². The van der Waals surface area contributed by atoms with Crippen molar-refractivity contribution in [3.63, 3.8) is 0 Å². The van der Waals surface area contributed by atoms with Gasteiger partial charge in [-0.3, -0.25) is 14.4 Å². The number of carboxylic acid groups (broad SMARTS) is 1. The van der Waals surface area contributed by atoms with Crippen LogP contribution in [0.2, 0.25) is 0 Å². The molecule has 8 aromatic rings. The summed E-state index contributed by atoms with van der Waals surface area (Å²) in [6, 6.07) is 37.9. The average molecular weight is 976 g/mol. The number of carbonyl (C=O) groups excluding carboxylic acids is 3. The maximum absolute atomic E-state index is 13.4. The number of aromatic carboxylic acids is 1. The topological polar surface area (TPSA) is 307 Å². The zero-order chi connectivity index (χ0) is 50.8. The molecule has 362 valence electrons. The van der Waals surface area contributed by atoms with Gasteiger partial charge in [0.15, 0.2) is 17.8 Å². The molecule has 0 atom stereocenters. The van der Waals surface area contributed by atoms with Gasteiger partial charge in [-0.1, -0.05) is 71.2 Å². The molecule has 0 bridgehead atoms. The van der Waals surface area contributed by atoms with Crippen molar-refractivity contribution in [1.29, 1.82) is 0 Å². The first kappa shape index (κ1) is 54.0. The van der Waals surface area contributed by atoms with Gasteiger partial charge in [-0.15, -0.1) is 5.10 Å². The quantitative estimate of drug-likeness (QED) is 0.0565. The number of oxazole rings is 1. The van der Waals surface area contributed by atoms with E-state index in [2.05, 4.69) is 34.9 Å². The minimum Gasteiger partial charge on any atom is -0.476 e. The summed E-state index contributed by atoms with van der Waals surface area (Å²) in [6.07, 6.45) is 2.14. The van der Waals surface area contributed by atoms with Crippen molar-refractivity contribution in [2.45, 2.75) is 26.2 Å². The minimum atomic E-state index is -1.07. The van der Waals surface area contributed by atoms with Gasteiger partial charge in [0.05, 0.1) is 5.56 Å². The third-order valence-corrected chi connectivity index (χ3v) is 9.61. The molecular formula is C49H48F3N11O6S. The summed E-state index contributed by atoms with van der Waals surface area (Å²) in [4.78, 5) is 48.5. The number of carbonyl (C=O) groups is 4. The van der Waals surface area contributed by atoms with Gasteiger partial charge < -0.3 is 54.1 Å². The first-order valence-corrected chi connectivity index (χ1v) is 21.5. The molecule has 6 aromatic carbocycles. The predicted molar refractivity (Wildman–Crippen MR) is 262 cm³/mol. The minimum absolute atomic E-state index is 0.0281. The number of hydrogen-bond acceptors (Lipinski definition) is 14. The van der Waals surface area contributed by atoms with Crippen LogP contribution in [0.3, 0.4) is 0 Å². The van der Waals surface area contributed by atoms with E-state index in [-0.39, 0.29) is 17.2 Å². The Morgan fingerprint density at radius 1 is 0.543 bits per heavy atom. The molecule has 17 nitrogen and oxygen atoms in total. The maximum Gasteiger partial charge on any atom is 0.357 e. The highest BCUT2D eigenvalue weighted by atomic mass is 32.1.